The van der Waals surface area contributed by atoms with Crippen molar-refractivity contribution < 1.29 is 22.3 Å². The number of rotatable bonds is 5. The molecule has 29 heavy (non-hydrogen) atoms. The Balaban J connectivity index is 1.65. The summed E-state index contributed by atoms with van der Waals surface area (Å²) in [5.41, 5.74) is 1.32. The third-order valence-corrected chi connectivity index (χ3v) is 5.97. The predicted octanol–water partition coefficient (Wildman–Crippen LogP) is 2.85. The first kappa shape index (κ1) is 19.1. The number of aromatic nitrogens is 2. The van der Waals surface area contributed by atoms with Gasteiger partial charge in [-0.1, -0.05) is 18.2 Å². The number of para-hydroxylation sites is 1. The van der Waals surface area contributed by atoms with Gasteiger partial charge in [-0.15, -0.1) is 0 Å². The van der Waals surface area contributed by atoms with E-state index >= 15 is 0 Å². The van der Waals surface area contributed by atoms with Crippen molar-refractivity contribution in [3.05, 3.63) is 71.7 Å². The van der Waals surface area contributed by atoms with Gasteiger partial charge in [-0.05, 0) is 43.3 Å². The van der Waals surface area contributed by atoms with Crippen molar-refractivity contribution in [1.82, 2.24) is 9.78 Å². The summed E-state index contributed by atoms with van der Waals surface area (Å²) >= 11 is 0. The lowest BCUT2D eigenvalue weighted by atomic mass is 10.2. The van der Waals surface area contributed by atoms with Crippen LogP contribution in [0.1, 0.15) is 18.2 Å². The SMILES string of the molecule is C[C@H](Oc1ccccc1)C(=O)Nc1c2c(nn1-c1ccc(F)cc1)CS(=O)(=O)C2. The van der Waals surface area contributed by atoms with Crippen LogP contribution in [-0.4, -0.2) is 30.2 Å². The maximum absolute atomic E-state index is 13.3. The van der Waals surface area contributed by atoms with Crippen LogP contribution in [0.15, 0.2) is 54.6 Å². The first-order valence-corrected chi connectivity index (χ1v) is 10.7. The summed E-state index contributed by atoms with van der Waals surface area (Å²) in [7, 11) is -3.31. The molecule has 0 saturated carbocycles. The lowest BCUT2D eigenvalue weighted by molar-refractivity contribution is -0.122. The van der Waals surface area contributed by atoms with Crippen LogP contribution in [0.5, 0.6) is 5.75 Å². The highest BCUT2D eigenvalue weighted by molar-refractivity contribution is 7.90. The normalized spacial score (nSPS) is 15.5. The number of anilines is 1. The molecule has 7 nitrogen and oxygen atoms in total. The zero-order valence-electron chi connectivity index (χ0n) is 15.5. The van der Waals surface area contributed by atoms with Crippen LogP contribution >= 0.6 is 0 Å². The van der Waals surface area contributed by atoms with Gasteiger partial charge in [0.25, 0.3) is 5.91 Å². The van der Waals surface area contributed by atoms with Crippen molar-refractivity contribution in [2.45, 2.75) is 24.5 Å². The van der Waals surface area contributed by atoms with E-state index in [1.165, 1.54) is 28.9 Å². The Bertz CT molecular complexity index is 1160. The highest BCUT2D eigenvalue weighted by atomic mass is 32.2. The minimum atomic E-state index is -3.31. The molecule has 1 atom stereocenters. The van der Waals surface area contributed by atoms with Crippen molar-refractivity contribution in [2.24, 2.45) is 0 Å². The summed E-state index contributed by atoms with van der Waals surface area (Å²) in [6.45, 7) is 1.60. The zero-order chi connectivity index (χ0) is 20.6. The number of ether oxygens (including phenoxy) is 1. The molecule has 0 radical (unpaired) electrons. The molecule has 0 unspecified atom stereocenters. The number of amides is 1. The van der Waals surface area contributed by atoms with Crippen LogP contribution in [0, 0.1) is 5.82 Å². The Labute approximate surface area is 167 Å². The molecule has 1 amide bonds. The number of halogens is 1. The van der Waals surface area contributed by atoms with E-state index in [-0.39, 0.29) is 17.3 Å². The summed E-state index contributed by atoms with van der Waals surface area (Å²) in [4.78, 5) is 12.7. The molecule has 0 fully saturated rings. The highest BCUT2D eigenvalue weighted by Gasteiger charge is 2.33. The molecule has 150 valence electrons. The van der Waals surface area contributed by atoms with Crippen LogP contribution in [0.3, 0.4) is 0 Å². The monoisotopic (exact) mass is 415 g/mol. The van der Waals surface area contributed by atoms with E-state index in [4.69, 9.17) is 4.74 Å². The van der Waals surface area contributed by atoms with Gasteiger partial charge < -0.3 is 10.1 Å². The number of carbonyl (C=O) groups is 1. The van der Waals surface area contributed by atoms with Crippen LogP contribution in [0.25, 0.3) is 5.69 Å². The van der Waals surface area contributed by atoms with Crippen LogP contribution in [0.2, 0.25) is 0 Å². The third-order valence-electron chi connectivity index (χ3n) is 4.53. The molecular weight excluding hydrogens is 397 g/mol. The van der Waals surface area contributed by atoms with Gasteiger partial charge in [0, 0.05) is 5.56 Å². The Hall–Kier alpha value is -3.20. The molecule has 1 N–H and O–H groups in total. The fourth-order valence-electron chi connectivity index (χ4n) is 3.12. The number of fused-ring (bicyclic) bond motifs is 1. The molecule has 0 spiro atoms. The summed E-state index contributed by atoms with van der Waals surface area (Å²) in [6.07, 6.45) is -0.831. The molecule has 0 bridgehead atoms. The number of hydrogen-bond acceptors (Lipinski definition) is 5. The van der Waals surface area contributed by atoms with Gasteiger partial charge >= 0.3 is 0 Å². The van der Waals surface area contributed by atoms with E-state index in [1.54, 1.807) is 31.2 Å². The van der Waals surface area contributed by atoms with Gasteiger partial charge in [0.1, 0.15) is 17.4 Å². The second-order valence-electron chi connectivity index (χ2n) is 6.76. The molecule has 0 aliphatic carbocycles. The molecule has 2 aromatic carbocycles. The molecule has 3 aromatic rings. The number of hydrogen-bond donors (Lipinski definition) is 1. The van der Waals surface area contributed by atoms with Gasteiger partial charge in [-0.2, -0.15) is 5.10 Å². The molecule has 1 aliphatic heterocycles. The van der Waals surface area contributed by atoms with Gasteiger partial charge in [0.05, 0.1) is 22.9 Å². The second-order valence-corrected chi connectivity index (χ2v) is 8.82. The quantitative estimate of drug-likeness (QED) is 0.692. The zero-order valence-corrected chi connectivity index (χ0v) is 16.3. The van der Waals surface area contributed by atoms with Crippen molar-refractivity contribution in [3.63, 3.8) is 0 Å². The number of benzene rings is 2. The Morgan fingerprint density at radius 3 is 2.52 bits per heavy atom. The minimum absolute atomic E-state index is 0.199. The lowest BCUT2D eigenvalue weighted by Gasteiger charge is -2.16. The van der Waals surface area contributed by atoms with Crippen molar-refractivity contribution in [2.75, 3.05) is 5.32 Å². The first-order chi connectivity index (χ1) is 13.8. The van der Waals surface area contributed by atoms with Crippen LogP contribution in [-0.2, 0) is 26.1 Å². The average Bonchev–Trinajstić information content (AvgIpc) is 3.15. The van der Waals surface area contributed by atoms with Crippen molar-refractivity contribution in [1.29, 1.82) is 0 Å². The van der Waals surface area contributed by atoms with Crippen LogP contribution < -0.4 is 10.1 Å². The summed E-state index contributed by atoms with van der Waals surface area (Å²) in [6, 6.07) is 14.4. The molecule has 2 heterocycles. The molecule has 1 aliphatic rings. The van der Waals surface area contributed by atoms with Gasteiger partial charge in [-0.25, -0.2) is 17.5 Å². The standard InChI is InChI=1S/C20H18FN3O4S/c1-13(28-16-5-3-2-4-6-16)20(25)22-19-17-11-29(26,27)12-18(17)23-24(19)15-9-7-14(21)8-10-15/h2-10,13H,11-12H2,1H3,(H,22,25)/t13-/m0/s1. The van der Waals surface area contributed by atoms with E-state index in [0.717, 1.165) is 0 Å². The van der Waals surface area contributed by atoms with Crippen molar-refractivity contribution in [3.8, 4) is 11.4 Å². The predicted molar refractivity (Wildman–Crippen MR) is 105 cm³/mol. The fourth-order valence-corrected chi connectivity index (χ4v) is 4.61. The molecule has 4 rings (SSSR count). The Kier molecular flexibility index (Phi) is 4.83. The maximum Gasteiger partial charge on any atom is 0.266 e. The van der Waals surface area contributed by atoms with Gasteiger partial charge in [0.15, 0.2) is 15.9 Å². The summed E-state index contributed by atoms with van der Waals surface area (Å²) < 4.78 is 44.4. The minimum Gasteiger partial charge on any atom is -0.481 e. The molecule has 1 aromatic heterocycles. The van der Waals surface area contributed by atoms with Crippen molar-refractivity contribution >= 4 is 21.6 Å². The third kappa shape index (κ3) is 4.00. The number of nitrogens with zero attached hydrogens (tertiary/aromatic N) is 2. The van der Waals surface area contributed by atoms with Crippen LogP contribution in [0.4, 0.5) is 10.2 Å². The van der Waals surface area contributed by atoms with Gasteiger partial charge in [0.2, 0.25) is 0 Å². The summed E-state index contributed by atoms with van der Waals surface area (Å²) in [5, 5.41) is 7.08. The Morgan fingerprint density at radius 1 is 1.14 bits per heavy atom. The Morgan fingerprint density at radius 2 is 1.83 bits per heavy atom. The second kappa shape index (κ2) is 7.32. The fraction of sp³-hybridized carbons (Fsp3) is 0.200. The average molecular weight is 415 g/mol. The van der Waals surface area contributed by atoms with E-state index in [2.05, 4.69) is 10.4 Å². The molecule has 9 heteroatoms. The molecule has 0 saturated heterocycles. The topological polar surface area (TPSA) is 90.3 Å². The first-order valence-electron chi connectivity index (χ1n) is 8.92. The number of carbonyl (C=O) groups excluding carboxylic acids is 1. The largest absolute Gasteiger partial charge is 0.481 e. The molecular formula is C20H18FN3O4S. The summed E-state index contributed by atoms with van der Waals surface area (Å²) in [5.74, 6) is -0.491. The highest BCUT2D eigenvalue weighted by Crippen LogP contribution is 2.33. The lowest BCUT2D eigenvalue weighted by Crippen LogP contribution is -2.31. The smallest absolute Gasteiger partial charge is 0.266 e. The van der Waals surface area contributed by atoms with Gasteiger partial charge in [-0.3, -0.25) is 4.79 Å². The maximum atomic E-state index is 13.3. The van der Waals surface area contributed by atoms with E-state index in [9.17, 15) is 17.6 Å². The van der Waals surface area contributed by atoms with E-state index in [0.29, 0.717) is 22.7 Å². The number of sulfone groups is 1. The number of nitrogens with one attached hydrogen (secondary N) is 1. The van der Waals surface area contributed by atoms with E-state index < -0.39 is 27.7 Å². The van der Waals surface area contributed by atoms with E-state index in [1.807, 2.05) is 6.07 Å².